The van der Waals surface area contributed by atoms with Gasteiger partial charge >= 0.3 is 0 Å². The molecule has 17 heavy (non-hydrogen) atoms. The van der Waals surface area contributed by atoms with E-state index in [4.69, 9.17) is 4.74 Å². The predicted octanol–water partition coefficient (Wildman–Crippen LogP) is 2.78. The van der Waals surface area contributed by atoms with E-state index in [1.807, 2.05) is 0 Å². The van der Waals surface area contributed by atoms with Gasteiger partial charge in [0.05, 0.1) is 5.60 Å². The highest BCUT2D eigenvalue weighted by Gasteiger charge is 2.37. The van der Waals surface area contributed by atoms with Gasteiger partial charge in [-0.1, -0.05) is 37.3 Å². The Morgan fingerprint density at radius 2 is 2.12 bits per heavy atom. The van der Waals surface area contributed by atoms with Crippen molar-refractivity contribution in [3.63, 3.8) is 0 Å². The highest BCUT2D eigenvalue weighted by atomic mass is 16.5. The van der Waals surface area contributed by atoms with E-state index in [1.165, 1.54) is 12.0 Å². The van der Waals surface area contributed by atoms with Crippen molar-refractivity contribution in [2.24, 2.45) is 0 Å². The molecule has 0 amide bonds. The molecule has 0 bridgehead atoms. The first-order chi connectivity index (χ1) is 8.24. The molecule has 0 aliphatic carbocycles. The fraction of sp³-hybridized carbons (Fsp3) is 0.600. The van der Waals surface area contributed by atoms with Gasteiger partial charge in [-0.2, -0.15) is 0 Å². The van der Waals surface area contributed by atoms with Crippen molar-refractivity contribution in [1.29, 1.82) is 0 Å². The van der Waals surface area contributed by atoms with Crippen LogP contribution >= 0.6 is 0 Å². The summed E-state index contributed by atoms with van der Waals surface area (Å²) in [6.45, 7) is 6.32. The zero-order valence-corrected chi connectivity index (χ0v) is 10.9. The zero-order valence-electron chi connectivity index (χ0n) is 10.9. The minimum Gasteiger partial charge on any atom is -0.374 e. The van der Waals surface area contributed by atoms with Crippen LogP contribution in [0, 0.1) is 0 Å². The molecule has 1 aromatic rings. The maximum Gasteiger partial charge on any atom is 0.0810 e. The summed E-state index contributed by atoms with van der Waals surface area (Å²) in [7, 11) is 0. The second kappa shape index (κ2) is 5.65. The zero-order chi connectivity index (χ0) is 12.1. The normalized spacial score (nSPS) is 26.0. The van der Waals surface area contributed by atoms with E-state index in [9.17, 15) is 0 Å². The Hall–Kier alpha value is -0.860. The Morgan fingerprint density at radius 1 is 1.35 bits per heavy atom. The molecule has 0 spiro atoms. The molecule has 1 saturated heterocycles. The average molecular weight is 233 g/mol. The van der Waals surface area contributed by atoms with E-state index < -0.39 is 0 Å². The number of rotatable bonds is 5. The van der Waals surface area contributed by atoms with Crippen molar-refractivity contribution in [3.8, 4) is 0 Å². The summed E-state index contributed by atoms with van der Waals surface area (Å²) >= 11 is 0. The highest BCUT2D eigenvalue weighted by molar-refractivity contribution is 5.17. The molecule has 2 unspecified atom stereocenters. The molecule has 2 heteroatoms. The van der Waals surface area contributed by atoms with Gasteiger partial charge in [-0.25, -0.2) is 0 Å². The highest BCUT2D eigenvalue weighted by Crippen LogP contribution is 2.30. The average Bonchev–Trinajstić information content (AvgIpc) is 2.78. The standard InChI is InChI=1S/C15H23NO/c1-3-16-14(15(2)10-7-11-17-15)12-13-8-5-4-6-9-13/h4-6,8-9,14,16H,3,7,10-12H2,1-2H3. The Kier molecular flexibility index (Phi) is 4.19. The molecule has 1 aliphatic rings. The van der Waals surface area contributed by atoms with Crippen molar-refractivity contribution in [3.05, 3.63) is 35.9 Å². The van der Waals surface area contributed by atoms with E-state index in [0.29, 0.717) is 6.04 Å². The van der Waals surface area contributed by atoms with Crippen LogP contribution in [0.2, 0.25) is 0 Å². The molecule has 0 saturated carbocycles. The first-order valence-corrected chi connectivity index (χ1v) is 6.66. The van der Waals surface area contributed by atoms with Gasteiger partial charge in [-0.05, 0) is 38.3 Å². The van der Waals surface area contributed by atoms with Gasteiger partial charge < -0.3 is 10.1 Å². The second-order valence-electron chi connectivity index (χ2n) is 5.06. The summed E-state index contributed by atoms with van der Waals surface area (Å²) in [5, 5.41) is 3.59. The molecule has 2 rings (SSSR count). The number of likely N-dealkylation sites (N-methyl/N-ethyl adjacent to an activating group) is 1. The molecule has 1 heterocycles. The van der Waals surface area contributed by atoms with E-state index in [0.717, 1.165) is 26.0 Å². The van der Waals surface area contributed by atoms with Gasteiger partial charge in [0, 0.05) is 12.6 Å². The van der Waals surface area contributed by atoms with Crippen LogP contribution in [0.1, 0.15) is 32.3 Å². The van der Waals surface area contributed by atoms with Gasteiger partial charge in [0.15, 0.2) is 0 Å². The van der Waals surface area contributed by atoms with Crippen LogP contribution < -0.4 is 5.32 Å². The SMILES string of the molecule is CCNC(Cc1ccccc1)C1(C)CCCO1. The van der Waals surface area contributed by atoms with Crippen LogP contribution in [0.3, 0.4) is 0 Å². The fourth-order valence-corrected chi connectivity index (χ4v) is 2.68. The molecule has 1 fully saturated rings. The second-order valence-corrected chi connectivity index (χ2v) is 5.06. The lowest BCUT2D eigenvalue weighted by Crippen LogP contribution is -2.49. The molecule has 0 aromatic heterocycles. The molecule has 94 valence electrons. The lowest BCUT2D eigenvalue weighted by molar-refractivity contribution is -0.0110. The van der Waals surface area contributed by atoms with E-state index in [2.05, 4.69) is 49.5 Å². The predicted molar refractivity (Wildman–Crippen MR) is 71.2 cm³/mol. The largest absolute Gasteiger partial charge is 0.374 e. The first-order valence-electron chi connectivity index (χ1n) is 6.66. The third kappa shape index (κ3) is 3.08. The van der Waals surface area contributed by atoms with Crippen LogP contribution in [0.15, 0.2) is 30.3 Å². The number of hydrogen-bond donors (Lipinski definition) is 1. The molecule has 1 aromatic carbocycles. The molecular weight excluding hydrogens is 210 g/mol. The molecular formula is C15H23NO. The number of ether oxygens (including phenoxy) is 1. The quantitative estimate of drug-likeness (QED) is 0.844. The van der Waals surface area contributed by atoms with Crippen molar-refractivity contribution >= 4 is 0 Å². The lowest BCUT2D eigenvalue weighted by atomic mass is 9.88. The van der Waals surface area contributed by atoms with Crippen molar-refractivity contribution in [1.82, 2.24) is 5.32 Å². The monoisotopic (exact) mass is 233 g/mol. The van der Waals surface area contributed by atoms with Gasteiger partial charge in [0.1, 0.15) is 0 Å². The number of nitrogens with one attached hydrogen (secondary N) is 1. The Labute approximate surface area is 104 Å². The summed E-state index contributed by atoms with van der Waals surface area (Å²) in [5.74, 6) is 0. The van der Waals surface area contributed by atoms with Gasteiger partial charge in [-0.15, -0.1) is 0 Å². The van der Waals surface area contributed by atoms with Crippen LogP contribution in [0.5, 0.6) is 0 Å². The Morgan fingerprint density at radius 3 is 2.71 bits per heavy atom. The smallest absolute Gasteiger partial charge is 0.0810 e. The van der Waals surface area contributed by atoms with Crippen molar-refractivity contribution in [2.75, 3.05) is 13.2 Å². The molecule has 2 atom stereocenters. The Balaban J connectivity index is 2.07. The van der Waals surface area contributed by atoms with Gasteiger partial charge in [0.2, 0.25) is 0 Å². The Bertz CT molecular complexity index is 330. The van der Waals surface area contributed by atoms with Crippen LogP contribution in [-0.4, -0.2) is 24.8 Å². The summed E-state index contributed by atoms with van der Waals surface area (Å²) in [6, 6.07) is 11.1. The van der Waals surface area contributed by atoms with Gasteiger partial charge in [0.25, 0.3) is 0 Å². The van der Waals surface area contributed by atoms with E-state index in [-0.39, 0.29) is 5.60 Å². The maximum atomic E-state index is 5.96. The molecule has 0 radical (unpaired) electrons. The van der Waals surface area contributed by atoms with E-state index in [1.54, 1.807) is 0 Å². The molecule has 1 aliphatic heterocycles. The molecule has 2 nitrogen and oxygen atoms in total. The van der Waals surface area contributed by atoms with Crippen LogP contribution in [0.25, 0.3) is 0 Å². The summed E-state index contributed by atoms with van der Waals surface area (Å²) in [6.07, 6.45) is 3.40. The van der Waals surface area contributed by atoms with Crippen LogP contribution in [0.4, 0.5) is 0 Å². The number of benzene rings is 1. The van der Waals surface area contributed by atoms with Crippen LogP contribution in [-0.2, 0) is 11.2 Å². The van der Waals surface area contributed by atoms with Gasteiger partial charge in [-0.3, -0.25) is 0 Å². The first kappa shape index (κ1) is 12.6. The van der Waals surface area contributed by atoms with E-state index >= 15 is 0 Å². The number of hydrogen-bond acceptors (Lipinski definition) is 2. The summed E-state index contributed by atoms with van der Waals surface area (Å²) in [5.41, 5.74) is 1.39. The summed E-state index contributed by atoms with van der Waals surface area (Å²) < 4.78 is 5.96. The van der Waals surface area contributed by atoms with Crippen molar-refractivity contribution < 1.29 is 4.74 Å². The third-order valence-corrected chi connectivity index (χ3v) is 3.72. The maximum absolute atomic E-state index is 5.96. The molecule has 1 N–H and O–H groups in total. The fourth-order valence-electron chi connectivity index (χ4n) is 2.68. The topological polar surface area (TPSA) is 21.3 Å². The minimum absolute atomic E-state index is 0.00580. The summed E-state index contributed by atoms with van der Waals surface area (Å²) in [4.78, 5) is 0. The van der Waals surface area contributed by atoms with Crippen molar-refractivity contribution in [2.45, 2.75) is 44.8 Å². The minimum atomic E-state index is 0.00580. The lowest BCUT2D eigenvalue weighted by Gasteiger charge is -2.34. The third-order valence-electron chi connectivity index (χ3n) is 3.72.